The number of thiophene rings is 1. The number of nitriles is 1. The summed E-state index contributed by atoms with van der Waals surface area (Å²) < 4.78 is 0. The van der Waals surface area contributed by atoms with Crippen LogP contribution in [0.3, 0.4) is 0 Å². The number of hydrogen-bond donors (Lipinski definition) is 2. The molecule has 1 aromatic heterocycles. The molecule has 5 heteroatoms. The molecule has 2 N–H and O–H groups in total. The number of amides is 1. The monoisotopic (exact) mass is 337 g/mol. The van der Waals surface area contributed by atoms with Gasteiger partial charge in [-0.3, -0.25) is 4.79 Å². The molecule has 0 fully saturated rings. The summed E-state index contributed by atoms with van der Waals surface area (Å²) in [6, 6.07) is 12.0. The van der Waals surface area contributed by atoms with Gasteiger partial charge < -0.3 is 10.6 Å². The maximum Gasteiger partial charge on any atom is 0.225 e. The number of carbonyl (C=O) groups is 1. The molecule has 1 aliphatic rings. The summed E-state index contributed by atoms with van der Waals surface area (Å²) in [6.45, 7) is 2.73. The van der Waals surface area contributed by atoms with Crippen LogP contribution < -0.4 is 10.6 Å². The Morgan fingerprint density at radius 3 is 3.12 bits per heavy atom. The van der Waals surface area contributed by atoms with Crippen LogP contribution in [0, 0.1) is 18.3 Å². The van der Waals surface area contributed by atoms with Crippen LogP contribution in [0.4, 0.5) is 5.69 Å². The molecule has 1 aromatic carbocycles. The van der Waals surface area contributed by atoms with E-state index in [0.29, 0.717) is 6.42 Å². The molecule has 1 atom stereocenters. The summed E-state index contributed by atoms with van der Waals surface area (Å²) in [5, 5.41) is 17.4. The fraction of sp³-hybridized carbons (Fsp3) is 0.263. The maximum atomic E-state index is 12.3. The number of aryl methyl sites for hydroxylation is 1. The Kier molecular flexibility index (Phi) is 5.09. The summed E-state index contributed by atoms with van der Waals surface area (Å²) in [5.74, 6) is 0.00559. The SMILES string of the molecule is Cc1cccc(NC(=O)CC2CC(c3sccc3C#N)=CCN2)c1. The Bertz CT molecular complexity index is 816. The quantitative estimate of drug-likeness (QED) is 0.894. The summed E-state index contributed by atoms with van der Waals surface area (Å²) in [4.78, 5) is 13.3. The van der Waals surface area contributed by atoms with Crippen molar-refractivity contribution in [2.24, 2.45) is 0 Å². The van der Waals surface area contributed by atoms with E-state index in [-0.39, 0.29) is 11.9 Å². The van der Waals surface area contributed by atoms with Crippen molar-refractivity contribution >= 4 is 28.5 Å². The van der Waals surface area contributed by atoms with Crippen LogP contribution >= 0.6 is 11.3 Å². The van der Waals surface area contributed by atoms with Crippen LogP contribution in [0.15, 0.2) is 41.8 Å². The van der Waals surface area contributed by atoms with E-state index >= 15 is 0 Å². The van der Waals surface area contributed by atoms with Crippen molar-refractivity contribution in [2.45, 2.75) is 25.8 Å². The molecule has 1 amide bonds. The lowest BCUT2D eigenvalue weighted by molar-refractivity contribution is -0.116. The normalized spacial score (nSPS) is 17.0. The van der Waals surface area contributed by atoms with E-state index in [0.717, 1.165) is 40.2 Å². The van der Waals surface area contributed by atoms with E-state index in [9.17, 15) is 10.1 Å². The second-order valence-electron chi connectivity index (χ2n) is 5.94. The number of nitrogens with zero attached hydrogens (tertiary/aromatic N) is 1. The lowest BCUT2D eigenvalue weighted by Gasteiger charge is -2.23. The highest BCUT2D eigenvalue weighted by molar-refractivity contribution is 7.11. The Balaban J connectivity index is 1.61. The smallest absolute Gasteiger partial charge is 0.225 e. The van der Waals surface area contributed by atoms with Crippen molar-refractivity contribution in [3.8, 4) is 6.07 Å². The van der Waals surface area contributed by atoms with E-state index in [2.05, 4.69) is 22.8 Å². The molecule has 0 spiro atoms. The summed E-state index contributed by atoms with van der Waals surface area (Å²) in [5.41, 5.74) is 3.83. The van der Waals surface area contributed by atoms with E-state index in [4.69, 9.17) is 0 Å². The van der Waals surface area contributed by atoms with Gasteiger partial charge in [-0.2, -0.15) is 5.26 Å². The highest BCUT2D eigenvalue weighted by atomic mass is 32.1. The zero-order valence-electron chi connectivity index (χ0n) is 13.5. The number of benzene rings is 1. The Hall–Kier alpha value is -2.42. The van der Waals surface area contributed by atoms with Crippen molar-refractivity contribution in [3.05, 3.63) is 57.8 Å². The minimum atomic E-state index is 0.00559. The minimum Gasteiger partial charge on any atom is -0.326 e. The molecule has 1 aliphatic heterocycles. The number of carbonyl (C=O) groups excluding carboxylic acids is 1. The zero-order valence-corrected chi connectivity index (χ0v) is 14.3. The zero-order chi connectivity index (χ0) is 16.9. The van der Waals surface area contributed by atoms with E-state index < -0.39 is 0 Å². The Morgan fingerprint density at radius 2 is 2.33 bits per heavy atom. The van der Waals surface area contributed by atoms with Gasteiger partial charge in [-0.25, -0.2) is 0 Å². The first-order valence-electron chi connectivity index (χ1n) is 7.92. The second kappa shape index (κ2) is 7.43. The third-order valence-electron chi connectivity index (χ3n) is 4.03. The van der Waals surface area contributed by atoms with E-state index in [1.807, 2.05) is 42.6 Å². The lowest BCUT2D eigenvalue weighted by atomic mass is 9.96. The number of nitrogens with one attached hydrogen (secondary N) is 2. The first-order chi connectivity index (χ1) is 11.7. The molecule has 2 aromatic rings. The molecular formula is C19H19N3OS. The van der Waals surface area contributed by atoms with Crippen LogP contribution in [0.5, 0.6) is 0 Å². The third kappa shape index (κ3) is 3.91. The van der Waals surface area contributed by atoms with Gasteiger partial charge in [0.2, 0.25) is 5.91 Å². The number of anilines is 1. The van der Waals surface area contributed by atoms with Crippen molar-refractivity contribution in [1.82, 2.24) is 5.32 Å². The lowest BCUT2D eigenvalue weighted by Crippen LogP contribution is -2.36. The van der Waals surface area contributed by atoms with Gasteiger partial charge in [0.1, 0.15) is 6.07 Å². The molecule has 122 valence electrons. The Labute approximate surface area is 145 Å². The molecule has 0 saturated carbocycles. The van der Waals surface area contributed by atoms with Gasteiger partial charge in [0, 0.05) is 29.6 Å². The molecule has 0 aliphatic carbocycles. The van der Waals surface area contributed by atoms with Gasteiger partial charge in [-0.15, -0.1) is 11.3 Å². The van der Waals surface area contributed by atoms with Crippen LogP contribution in [0.25, 0.3) is 5.57 Å². The summed E-state index contributed by atoms with van der Waals surface area (Å²) >= 11 is 1.59. The Morgan fingerprint density at radius 1 is 1.46 bits per heavy atom. The third-order valence-corrected chi connectivity index (χ3v) is 5.02. The maximum absolute atomic E-state index is 12.3. The van der Waals surface area contributed by atoms with Crippen LogP contribution in [0.1, 0.15) is 28.8 Å². The van der Waals surface area contributed by atoms with Crippen molar-refractivity contribution in [2.75, 3.05) is 11.9 Å². The van der Waals surface area contributed by atoms with Crippen LogP contribution in [-0.4, -0.2) is 18.5 Å². The van der Waals surface area contributed by atoms with E-state index in [1.165, 1.54) is 0 Å². The van der Waals surface area contributed by atoms with Gasteiger partial charge >= 0.3 is 0 Å². The average Bonchev–Trinajstić information content (AvgIpc) is 3.03. The average molecular weight is 337 g/mol. The van der Waals surface area contributed by atoms with Gasteiger partial charge in [0.15, 0.2) is 0 Å². The largest absolute Gasteiger partial charge is 0.326 e. The van der Waals surface area contributed by atoms with Crippen molar-refractivity contribution < 1.29 is 4.79 Å². The molecule has 0 radical (unpaired) electrons. The van der Waals surface area contributed by atoms with Gasteiger partial charge in [-0.1, -0.05) is 18.2 Å². The highest BCUT2D eigenvalue weighted by Gasteiger charge is 2.21. The predicted octanol–water partition coefficient (Wildman–Crippen LogP) is 3.70. The summed E-state index contributed by atoms with van der Waals surface area (Å²) in [7, 11) is 0. The second-order valence-corrected chi connectivity index (χ2v) is 6.85. The van der Waals surface area contributed by atoms with Gasteiger partial charge in [0.25, 0.3) is 0 Å². The topological polar surface area (TPSA) is 64.9 Å². The minimum absolute atomic E-state index is 0.00559. The molecule has 24 heavy (non-hydrogen) atoms. The molecule has 3 rings (SSSR count). The highest BCUT2D eigenvalue weighted by Crippen LogP contribution is 2.30. The van der Waals surface area contributed by atoms with E-state index in [1.54, 1.807) is 11.3 Å². The molecule has 0 bridgehead atoms. The molecule has 2 heterocycles. The van der Waals surface area contributed by atoms with Gasteiger partial charge in [0.05, 0.1) is 5.56 Å². The van der Waals surface area contributed by atoms with Crippen LogP contribution in [-0.2, 0) is 4.79 Å². The fourth-order valence-electron chi connectivity index (χ4n) is 2.90. The standard InChI is InChI=1S/C19H19N3OS/c1-13-3-2-4-16(9-13)22-18(23)11-17-10-14(5-7-21-17)19-15(12-20)6-8-24-19/h2-6,8-9,17,21H,7,10-11H2,1H3,(H,22,23). The molecule has 4 nitrogen and oxygen atoms in total. The fourth-order valence-corrected chi connectivity index (χ4v) is 3.80. The summed E-state index contributed by atoms with van der Waals surface area (Å²) in [6.07, 6.45) is 3.29. The first kappa shape index (κ1) is 16.4. The van der Waals surface area contributed by atoms with Gasteiger partial charge in [-0.05, 0) is 48.1 Å². The van der Waals surface area contributed by atoms with Crippen LogP contribution in [0.2, 0.25) is 0 Å². The molecular weight excluding hydrogens is 318 g/mol. The number of hydrogen-bond acceptors (Lipinski definition) is 4. The first-order valence-corrected chi connectivity index (χ1v) is 8.80. The predicted molar refractivity (Wildman–Crippen MR) is 97.8 cm³/mol. The molecule has 1 unspecified atom stereocenters. The number of rotatable bonds is 4. The van der Waals surface area contributed by atoms with Crippen molar-refractivity contribution in [3.63, 3.8) is 0 Å². The molecule has 0 saturated heterocycles. The van der Waals surface area contributed by atoms with Crippen molar-refractivity contribution in [1.29, 1.82) is 5.26 Å².